The average molecular weight is 201 g/mol. The van der Waals surface area contributed by atoms with Gasteiger partial charge < -0.3 is 4.74 Å². The molecule has 2 nitrogen and oxygen atoms in total. The molecule has 2 aromatic rings. The molecule has 0 saturated carbocycles. The molecule has 0 amide bonds. The van der Waals surface area contributed by atoms with Gasteiger partial charge in [0.15, 0.2) is 0 Å². The van der Waals surface area contributed by atoms with Crippen LogP contribution in [0.1, 0.15) is 18.9 Å². The van der Waals surface area contributed by atoms with Gasteiger partial charge in [-0.25, -0.2) is 0 Å². The van der Waals surface area contributed by atoms with Crippen molar-refractivity contribution in [2.24, 2.45) is 0 Å². The molecule has 0 saturated heterocycles. The summed E-state index contributed by atoms with van der Waals surface area (Å²) in [7, 11) is 0. The molecule has 1 aromatic heterocycles. The summed E-state index contributed by atoms with van der Waals surface area (Å²) in [5.74, 6) is 0.896. The van der Waals surface area contributed by atoms with Crippen molar-refractivity contribution in [3.63, 3.8) is 0 Å². The number of hydrogen-bond acceptors (Lipinski definition) is 2. The van der Waals surface area contributed by atoms with Crippen LogP contribution in [-0.2, 0) is 0 Å². The van der Waals surface area contributed by atoms with E-state index in [1.165, 1.54) is 5.56 Å². The maximum atomic E-state index is 5.69. The third-order valence-electron chi connectivity index (χ3n) is 2.28. The van der Waals surface area contributed by atoms with Gasteiger partial charge >= 0.3 is 0 Å². The first kappa shape index (κ1) is 9.97. The van der Waals surface area contributed by atoms with Gasteiger partial charge in [-0.2, -0.15) is 0 Å². The summed E-state index contributed by atoms with van der Waals surface area (Å²) in [4.78, 5) is 4.35. The molecule has 0 fully saturated rings. The van der Waals surface area contributed by atoms with E-state index in [9.17, 15) is 0 Å². The van der Waals surface area contributed by atoms with E-state index in [-0.39, 0.29) is 0 Å². The fraction of sp³-hybridized carbons (Fsp3) is 0.308. The number of benzene rings is 1. The first-order valence-electron chi connectivity index (χ1n) is 5.29. The standard InChI is InChI=1S/C13H15NO/c1-3-7-15-12-9-10(2)8-11-5-4-6-14-13(11)12/h4-6,8-9H,3,7H2,1-2H3. The van der Waals surface area contributed by atoms with E-state index < -0.39 is 0 Å². The summed E-state index contributed by atoms with van der Waals surface area (Å²) in [5.41, 5.74) is 2.16. The van der Waals surface area contributed by atoms with Gasteiger partial charge in [0.1, 0.15) is 11.3 Å². The third kappa shape index (κ3) is 2.09. The Morgan fingerprint density at radius 2 is 2.20 bits per heavy atom. The van der Waals surface area contributed by atoms with Crippen molar-refractivity contribution in [3.05, 3.63) is 36.0 Å². The van der Waals surface area contributed by atoms with Crippen molar-refractivity contribution < 1.29 is 4.74 Å². The lowest BCUT2D eigenvalue weighted by molar-refractivity contribution is 0.320. The van der Waals surface area contributed by atoms with E-state index in [0.717, 1.165) is 29.7 Å². The zero-order valence-corrected chi connectivity index (χ0v) is 9.16. The van der Waals surface area contributed by atoms with Crippen LogP contribution in [0, 0.1) is 6.92 Å². The van der Waals surface area contributed by atoms with Crippen LogP contribution in [0.15, 0.2) is 30.5 Å². The van der Waals surface area contributed by atoms with Crippen LogP contribution >= 0.6 is 0 Å². The van der Waals surface area contributed by atoms with Gasteiger partial charge in [-0.3, -0.25) is 4.98 Å². The lowest BCUT2D eigenvalue weighted by Gasteiger charge is -2.08. The second-order valence-corrected chi connectivity index (χ2v) is 3.69. The summed E-state index contributed by atoms with van der Waals surface area (Å²) >= 11 is 0. The zero-order chi connectivity index (χ0) is 10.7. The molecule has 2 heteroatoms. The third-order valence-corrected chi connectivity index (χ3v) is 2.28. The Hall–Kier alpha value is -1.57. The molecule has 0 atom stereocenters. The van der Waals surface area contributed by atoms with Crippen LogP contribution < -0.4 is 4.74 Å². The average Bonchev–Trinajstić information content (AvgIpc) is 2.25. The number of ether oxygens (including phenoxy) is 1. The topological polar surface area (TPSA) is 22.1 Å². The van der Waals surface area contributed by atoms with E-state index in [1.54, 1.807) is 6.20 Å². The summed E-state index contributed by atoms with van der Waals surface area (Å²) in [6, 6.07) is 8.19. The molecule has 0 aliphatic rings. The molecule has 0 radical (unpaired) electrons. The SMILES string of the molecule is CCCOc1cc(C)cc2cccnc12. The minimum atomic E-state index is 0.745. The number of nitrogens with zero attached hydrogens (tertiary/aromatic N) is 1. The van der Waals surface area contributed by atoms with Gasteiger partial charge in [0.25, 0.3) is 0 Å². The van der Waals surface area contributed by atoms with Crippen molar-refractivity contribution in [3.8, 4) is 5.75 Å². The van der Waals surface area contributed by atoms with Crippen molar-refractivity contribution in [2.45, 2.75) is 20.3 Å². The molecule has 2 rings (SSSR count). The monoisotopic (exact) mass is 201 g/mol. The molecule has 0 aliphatic heterocycles. The van der Waals surface area contributed by atoms with E-state index >= 15 is 0 Å². The highest BCUT2D eigenvalue weighted by Crippen LogP contribution is 2.25. The van der Waals surface area contributed by atoms with Gasteiger partial charge in [0, 0.05) is 11.6 Å². The first-order valence-corrected chi connectivity index (χ1v) is 5.29. The Kier molecular flexibility index (Phi) is 2.86. The number of pyridine rings is 1. The van der Waals surface area contributed by atoms with Gasteiger partial charge in [0.05, 0.1) is 6.61 Å². The fourth-order valence-electron chi connectivity index (χ4n) is 1.62. The summed E-state index contributed by atoms with van der Waals surface area (Å²) in [5, 5.41) is 1.14. The van der Waals surface area contributed by atoms with Crippen LogP contribution in [0.4, 0.5) is 0 Å². The van der Waals surface area contributed by atoms with E-state index in [2.05, 4.69) is 31.0 Å². The minimum absolute atomic E-state index is 0.745. The highest BCUT2D eigenvalue weighted by atomic mass is 16.5. The molecular formula is C13H15NO. The number of rotatable bonds is 3. The maximum Gasteiger partial charge on any atom is 0.145 e. The zero-order valence-electron chi connectivity index (χ0n) is 9.16. The van der Waals surface area contributed by atoms with Crippen molar-refractivity contribution in [1.29, 1.82) is 0 Å². The largest absolute Gasteiger partial charge is 0.491 e. The van der Waals surface area contributed by atoms with Crippen LogP contribution in [0.2, 0.25) is 0 Å². The summed E-state index contributed by atoms with van der Waals surface area (Å²) in [6.45, 7) is 4.92. The van der Waals surface area contributed by atoms with Gasteiger partial charge in [-0.05, 0) is 37.1 Å². The fourth-order valence-corrected chi connectivity index (χ4v) is 1.62. The maximum absolute atomic E-state index is 5.69. The van der Waals surface area contributed by atoms with E-state index in [1.807, 2.05) is 12.1 Å². The van der Waals surface area contributed by atoms with Crippen molar-refractivity contribution >= 4 is 10.9 Å². The normalized spacial score (nSPS) is 10.5. The van der Waals surface area contributed by atoms with Crippen molar-refractivity contribution in [1.82, 2.24) is 4.98 Å². The van der Waals surface area contributed by atoms with E-state index in [4.69, 9.17) is 4.74 Å². The Balaban J connectivity index is 2.50. The predicted octanol–water partition coefficient (Wildman–Crippen LogP) is 3.33. The number of aryl methyl sites for hydroxylation is 1. The summed E-state index contributed by atoms with van der Waals surface area (Å²) < 4.78 is 5.69. The molecule has 0 unspecified atom stereocenters. The van der Waals surface area contributed by atoms with Gasteiger partial charge in [-0.1, -0.05) is 13.0 Å². The Morgan fingerprint density at radius 3 is 3.00 bits per heavy atom. The van der Waals surface area contributed by atoms with Crippen LogP contribution in [0.3, 0.4) is 0 Å². The van der Waals surface area contributed by atoms with E-state index in [0.29, 0.717) is 0 Å². The van der Waals surface area contributed by atoms with Crippen LogP contribution in [-0.4, -0.2) is 11.6 Å². The molecule has 0 N–H and O–H groups in total. The molecule has 15 heavy (non-hydrogen) atoms. The van der Waals surface area contributed by atoms with Crippen molar-refractivity contribution in [2.75, 3.05) is 6.61 Å². The molecule has 0 bridgehead atoms. The predicted molar refractivity (Wildman–Crippen MR) is 62.3 cm³/mol. The lowest BCUT2D eigenvalue weighted by atomic mass is 10.1. The number of fused-ring (bicyclic) bond motifs is 1. The molecule has 1 heterocycles. The lowest BCUT2D eigenvalue weighted by Crippen LogP contribution is -1.97. The highest BCUT2D eigenvalue weighted by Gasteiger charge is 2.03. The van der Waals surface area contributed by atoms with Crippen LogP contribution in [0.5, 0.6) is 5.75 Å². The smallest absolute Gasteiger partial charge is 0.145 e. The molecule has 0 spiro atoms. The molecule has 1 aromatic carbocycles. The van der Waals surface area contributed by atoms with Gasteiger partial charge in [-0.15, -0.1) is 0 Å². The second kappa shape index (κ2) is 4.30. The minimum Gasteiger partial charge on any atom is -0.491 e. The molecular weight excluding hydrogens is 186 g/mol. The number of aromatic nitrogens is 1. The summed E-state index contributed by atoms with van der Waals surface area (Å²) in [6.07, 6.45) is 2.82. The molecule has 78 valence electrons. The Labute approximate surface area is 89.9 Å². The Morgan fingerprint density at radius 1 is 1.33 bits per heavy atom. The van der Waals surface area contributed by atoms with Crippen LogP contribution in [0.25, 0.3) is 10.9 Å². The molecule has 0 aliphatic carbocycles. The highest BCUT2D eigenvalue weighted by molar-refractivity contribution is 5.85. The second-order valence-electron chi connectivity index (χ2n) is 3.69. The number of hydrogen-bond donors (Lipinski definition) is 0. The Bertz CT molecular complexity index is 465. The van der Waals surface area contributed by atoms with Gasteiger partial charge in [0.2, 0.25) is 0 Å². The quantitative estimate of drug-likeness (QED) is 0.759. The first-order chi connectivity index (χ1) is 7.31.